The van der Waals surface area contributed by atoms with Gasteiger partial charge in [0.05, 0.1) is 19.3 Å². The quantitative estimate of drug-likeness (QED) is 0.690. The third-order valence-corrected chi connectivity index (χ3v) is 5.43. The fourth-order valence-corrected chi connectivity index (χ4v) is 3.41. The van der Waals surface area contributed by atoms with Gasteiger partial charge in [-0.1, -0.05) is 37.3 Å². The van der Waals surface area contributed by atoms with E-state index in [0.717, 1.165) is 36.5 Å². The van der Waals surface area contributed by atoms with Gasteiger partial charge in [0.1, 0.15) is 5.54 Å². The molecule has 8 nitrogen and oxygen atoms in total. The van der Waals surface area contributed by atoms with E-state index in [9.17, 15) is 14.4 Å². The lowest BCUT2D eigenvalue weighted by Gasteiger charge is -2.31. The molecule has 0 saturated carbocycles. The molecule has 1 atom stereocenters. The number of amides is 4. The van der Waals surface area contributed by atoms with Gasteiger partial charge in [-0.05, 0) is 31.7 Å². The topological polar surface area (TPSA) is 91.0 Å². The standard InChI is InChI=1S/C20H28N4O4/c1-3-20(2)18(26)24(19(27)21-20)22-17(25)13-23-11-9-16(10-12-23)28-14-15-7-5-4-6-8-15/h4-8,16H,3,9-14H2,1-2H3,(H,21,27)(H,22,25). The normalized spacial score (nSPS) is 23.7. The van der Waals surface area contributed by atoms with Crippen LogP contribution in [-0.4, -0.2) is 59.0 Å². The van der Waals surface area contributed by atoms with Crippen LogP contribution in [0.15, 0.2) is 30.3 Å². The summed E-state index contributed by atoms with van der Waals surface area (Å²) in [5.74, 6) is -0.797. The van der Waals surface area contributed by atoms with E-state index in [0.29, 0.717) is 13.0 Å². The molecule has 0 aromatic heterocycles. The first-order valence-electron chi connectivity index (χ1n) is 9.75. The Morgan fingerprint density at radius 3 is 2.54 bits per heavy atom. The third kappa shape index (κ3) is 4.69. The van der Waals surface area contributed by atoms with Gasteiger partial charge in [0.15, 0.2) is 0 Å². The first kappa shape index (κ1) is 20.3. The minimum absolute atomic E-state index is 0.144. The van der Waals surface area contributed by atoms with Crippen LogP contribution in [0.4, 0.5) is 4.79 Å². The number of hydrogen-bond acceptors (Lipinski definition) is 5. The lowest BCUT2D eigenvalue weighted by atomic mass is 10.00. The second-order valence-electron chi connectivity index (χ2n) is 7.56. The molecule has 28 heavy (non-hydrogen) atoms. The highest BCUT2D eigenvalue weighted by atomic mass is 16.5. The lowest BCUT2D eigenvalue weighted by molar-refractivity contribution is -0.139. The molecule has 1 unspecified atom stereocenters. The van der Waals surface area contributed by atoms with E-state index in [2.05, 4.69) is 10.7 Å². The van der Waals surface area contributed by atoms with E-state index in [4.69, 9.17) is 4.74 Å². The van der Waals surface area contributed by atoms with Crippen LogP contribution in [0, 0.1) is 0 Å². The minimum atomic E-state index is -0.960. The molecule has 4 amide bonds. The molecule has 0 bridgehead atoms. The molecule has 8 heteroatoms. The monoisotopic (exact) mass is 388 g/mol. The molecule has 2 heterocycles. The predicted molar refractivity (Wildman–Crippen MR) is 103 cm³/mol. The number of imide groups is 1. The molecule has 1 aromatic carbocycles. The third-order valence-electron chi connectivity index (χ3n) is 5.43. The highest BCUT2D eigenvalue weighted by Crippen LogP contribution is 2.19. The van der Waals surface area contributed by atoms with Gasteiger partial charge in [-0.3, -0.25) is 19.9 Å². The Bertz CT molecular complexity index is 718. The molecule has 152 valence electrons. The fourth-order valence-electron chi connectivity index (χ4n) is 3.41. The van der Waals surface area contributed by atoms with Crippen molar-refractivity contribution < 1.29 is 19.1 Å². The number of urea groups is 1. The van der Waals surface area contributed by atoms with Crippen LogP contribution in [0.3, 0.4) is 0 Å². The van der Waals surface area contributed by atoms with Gasteiger partial charge in [0.25, 0.3) is 11.8 Å². The van der Waals surface area contributed by atoms with E-state index < -0.39 is 17.5 Å². The average Bonchev–Trinajstić information content (AvgIpc) is 2.92. The molecular weight excluding hydrogens is 360 g/mol. The Morgan fingerprint density at radius 1 is 1.25 bits per heavy atom. The zero-order valence-electron chi connectivity index (χ0n) is 16.4. The second kappa shape index (κ2) is 8.70. The summed E-state index contributed by atoms with van der Waals surface area (Å²) in [5.41, 5.74) is 2.62. The predicted octanol–water partition coefficient (Wildman–Crippen LogP) is 1.42. The molecule has 2 fully saturated rings. The van der Waals surface area contributed by atoms with Gasteiger partial charge in [-0.2, -0.15) is 5.01 Å². The van der Waals surface area contributed by atoms with Crippen molar-refractivity contribution in [3.63, 3.8) is 0 Å². The van der Waals surface area contributed by atoms with E-state index in [1.807, 2.05) is 42.2 Å². The van der Waals surface area contributed by atoms with Crippen molar-refractivity contribution >= 4 is 17.8 Å². The van der Waals surface area contributed by atoms with E-state index in [1.54, 1.807) is 6.92 Å². The maximum Gasteiger partial charge on any atom is 0.344 e. The van der Waals surface area contributed by atoms with Gasteiger partial charge in [0, 0.05) is 13.1 Å². The summed E-state index contributed by atoms with van der Waals surface area (Å²) >= 11 is 0. The van der Waals surface area contributed by atoms with Crippen LogP contribution in [0.1, 0.15) is 38.7 Å². The summed E-state index contributed by atoms with van der Waals surface area (Å²) in [7, 11) is 0. The second-order valence-corrected chi connectivity index (χ2v) is 7.56. The minimum Gasteiger partial charge on any atom is -0.373 e. The smallest absolute Gasteiger partial charge is 0.344 e. The molecule has 1 aromatic rings. The largest absolute Gasteiger partial charge is 0.373 e. The van der Waals surface area contributed by atoms with Crippen LogP contribution in [0.25, 0.3) is 0 Å². The Morgan fingerprint density at radius 2 is 1.93 bits per heavy atom. The fraction of sp³-hybridized carbons (Fsp3) is 0.550. The first-order valence-corrected chi connectivity index (χ1v) is 9.75. The van der Waals surface area contributed by atoms with Crippen molar-refractivity contribution in [3.8, 4) is 0 Å². The summed E-state index contributed by atoms with van der Waals surface area (Å²) < 4.78 is 5.96. The van der Waals surface area contributed by atoms with Crippen molar-refractivity contribution in [3.05, 3.63) is 35.9 Å². The maximum absolute atomic E-state index is 12.3. The Balaban J connectivity index is 1.40. The van der Waals surface area contributed by atoms with Crippen molar-refractivity contribution in [1.29, 1.82) is 0 Å². The summed E-state index contributed by atoms with van der Waals surface area (Å²) in [5, 5.41) is 3.41. The Labute approximate surface area is 165 Å². The molecular formula is C20H28N4O4. The van der Waals surface area contributed by atoms with Gasteiger partial charge in [-0.25, -0.2) is 4.79 Å². The van der Waals surface area contributed by atoms with Gasteiger partial charge < -0.3 is 10.1 Å². The highest BCUT2D eigenvalue weighted by molar-refractivity contribution is 6.07. The number of piperidine rings is 1. The van der Waals surface area contributed by atoms with Crippen LogP contribution >= 0.6 is 0 Å². The number of hydrazine groups is 1. The number of rotatable bonds is 7. The number of benzene rings is 1. The number of hydrogen-bond donors (Lipinski definition) is 2. The summed E-state index contributed by atoms with van der Waals surface area (Å²) in [6.45, 7) is 5.67. The number of ether oxygens (including phenoxy) is 1. The molecule has 2 saturated heterocycles. The molecule has 3 rings (SSSR count). The SMILES string of the molecule is CCC1(C)NC(=O)N(NC(=O)CN2CCC(OCc3ccccc3)CC2)C1=O. The Kier molecular flexibility index (Phi) is 6.31. The van der Waals surface area contributed by atoms with Crippen molar-refractivity contribution in [2.45, 2.75) is 51.4 Å². The molecule has 2 aliphatic heterocycles. The van der Waals surface area contributed by atoms with Crippen molar-refractivity contribution in [2.75, 3.05) is 19.6 Å². The van der Waals surface area contributed by atoms with Gasteiger partial charge >= 0.3 is 6.03 Å². The lowest BCUT2D eigenvalue weighted by Crippen LogP contribution is -2.52. The van der Waals surface area contributed by atoms with Crippen molar-refractivity contribution in [2.24, 2.45) is 0 Å². The van der Waals surface area contributed by atoms with Gasteiger partial charge in [-0.15, -0.1) is 0 Å². The van der Waals surface area contributed by atoms with E-state index in [1.165, 1.54) is 0 Å². The summed E-state index contributed by atoms with van der Waals surface area (Å²) in [6, 6.07) is 9.46. The molecule has 2 aliphatic rings. The number of likely N-dealkylation sites (tertiary alicyclic amines) is 1. The van der Waals surface area contributed by atoms with E-state index >= 15 is 0 Å². The zero-order valence-corrected chi connectivity index (χ0v) is 16.4. The molecule has 0 spiro atoms. The van der Waals surface area contributed by atoms with Crippen LogP contribution in [0.2, 0.25) is 0 Å². The summed E-state index contributed by atoms with van der Waals surface area (Å²) in [6.07, 6.45) is 2.32. The molecule has 2 N–H and O–H groups in total. The molecule has 0 radical (unpaired) electrons. The number of nitrogens with one attached hydrogen (secondary N) is 2. The maximum atomic E-state index is 12.3. The first-order chi connectivity index (χ1) is 13.4. The number of carbonyl (C=O) groups is 3. The Hall–Kier alpha value is -2.45. The number of nitrogens with zero attached hydrogens (tertiary/aromatic N) is 2. The molecule has 0 aliphatic carbocycles. The van der Waals surface area contributed by atoms with Crippen molar-refractivity contribution in [1.82, 2.24) is 20.7 Å². The van der Waals surface area contributed by atoms with E-state index in [-0.39, 0.29) is 18.6 Å². The van der Waals surface area contributed by atoms with Crippen LogP contribution in [0.5, 0.6) is 0 Å². The summed E-state index contributed by atoms with van der Waals surface area (Å²) in [4.78, 5) is 38.6. The van der Waals surface area contributed by atoms with Crippen LogP contribution in [-0.2, 0) is 20.9 Å². The van der Waals surface area contributed by atoms with Gasteiger partial charge in [0.2, 0.25) is 0 Å². The highest BCUT2D eigenvalue weighted by Gasteiger charge is 2.47. The van der Waals surface area contributed by atoms with Crippen LogP contribution < -0.4 is 10.7 Å². The number of carbonyl (C=O) groups excluding carboxylic acids is 3. The zero-order chi connectivity index (χ0) is 20.1. The average molecular weight is 388 g/mol.